The Hall–Kier alpha value is -2.89. The van der Waals surface area contributed by atoms with E-state index in [1.54, 1.807) is 23.1 Å². The molecule has 0 aliphatic carbocycles. The Morgan fingerprint density at radius 3 is 2.54 bits per heavy atom. The Bertz CT molecular complexity index is 732. The van der Waals surface area contributed by atoms with Gasteiger partial charge in [-0.05, 0) is 42.3 Å². The molecule has 0 aliphatic rings. The van der Waals surface area contributed by atoms with Crippen LogP contribution in [0.1, 0.15) is 24.6 Å². The molecule has 2 aromatic rings. The minimum atomic E-state index is -0.443. The average Bonchev–Trinajstić information content (AvgIpc) is 2.97. The van der Waals surface area contributed by atoms with Crippen molar-refractivity contribution in [1.82, 2.24) is 9.47 Å². The predicted molar refractivity (Wildman–Crippen MR) is 93.3 cm³/mol. The minimum Gasteiger partial charge on any atom is -0.353 e. The maximum Gasteiger partial charge on any atom is 0.269 e. The van der Waals surface area contributed by atoms with E-state index >= 15 is 0 Å². The lowest BCUT2D eigenvalue weighted by Gasteiger charge is -2.21. The summed E-state index contributed by atoms with van der Waals surface area (Å²) in [4.78, 5) is 24.4. The topological polar surface area (TPSA) is 68.4 Å². The second-order valence-corrected chi connectivity index (χ2v) is 5.55. The highest BCUT2D eigenvalue weighted by Crippen LogP contribution is 2.13. The largest absolute Gasteiger partial charge is 0.353 e. The quantitative estimate of drug-likeness (QED) is 0.445. The first kappa shape index (κ1) is 17.5. The number of aromatic nitrogens is 1. The highest BCUT2D eigenvalue weighted by molar-refractivity contribution is 5.91. The van der Waals surface area contributed by atoms with Crippen LogP contribution in [0.25, 0.3) is 6.08 Å². The fourth-order valence-electron chi connectivity index (χ4n) is 2.37. The van der Waals surface area contributed by atoms with Crippen LogP contribution in [0.3, 0.4) is 0 Å². The summed E-state index contributed by atoms with van der Waals surface area (Å²) in [7, 11) is 1.96. The summed E-state index contributed by atoms with van der Waals surface area (Å²) in [5.41, 5.74) is 1.86. The summed E-state index contributed by atoms with van der Waals surface area (Å²) >= 11 is 0. The summed E-state index contributed by atoms with van der Waals surface area (Å²) in [5, 5.41) is 10.6. The summed E-state index contributed by atoms with van der Waals surface area (Å²) in [5.74, 6) is -0.0728. The second kappa shape index (κ2) is 8.10. The molecular formula is C18H21N3O3. The number of benzene rings is 1. The van der Waals surface area contributed by atoms with Crippen LogP contribution in [0, 0.1) is 10.1 Å². The van der Waals surface area contributed by atoms with Gasteiger partial charge in [0, 0.05) is 43.7 Å². The van der Waals surface area contributed by atoms with Gasteiger partial charge < -0.3 is 9.47 Å². The zero-order valence-corrected chi connectivity index (χ0v) is 13.9. The van der Waals surface area contributed by atoms with Crippen molar-refractivity contribution in [3.05, 3.63) is 70.0 Å². The molecule has 0 saturated carbocycles. The summed E-state index contributed by atoms with van der Waals surface area (Å²) < 4.78 is 2.00. The van der Waals surface area contributed by atoms with E-state index in [0.717, 1.165) is 17.7 Å². The molecule has 1 aromatic carbocycles. The fraction of sp³-hybridized carbons (Fsp3) is 0.278. The number of carbonyl (C=O) groups excluding carboxylic acids is 1. The van der Waals surface area contributed by atoms with Gasteiger partial charge in [0.2, 0.25) is 5.91 Å². The van der Waals surface area contributed by atoms with E-state index in [9.17, 15) is 14.9 Å². The van der Waals surface area contributed by atoms with Crippen molar-refractivity contribution in [3.8, 4) is 0 Å². The van der Waals surface area contributed by atoms with Crippen molar-refractivity contribution in [2.24, 2.45) is 7.05 Å². The van der Waals surface area contributed by atoms with Crippen LogP contribution in [0.15, 0.2) is 48.7 Å². The lowest BCUT2D eigenvalue weighted by molar-refractivity contribution is -0.384. The van der Waals surface area contributed by atoms with Gasteiger partial charge in [0.25, 0.3) is 5.69 Å². The SMILES string of the molecule is CCCN(Cc1cccn1C)C(=O)/C=C/c1ccc([N+](=O)[O-])cc1. The van der Waals surface area contributed by atoms with Crippen LogP contribution in [0.2, 0.25) is 0 Å². The average molecular weight is 327 g/mol. The van der Waals surface area contributed by atoms with Crippen molar-refractivity contribution in [3.63, 3.8) is 0 Å². The molecule has 1 amide bonds. The number of carbonyl (C=O) groups is 1. The summed E-state index contributed by atoms with van der Waals surface area (Å²) in [6, 6.07) is 10.1. The second-order valence-electron chi connectivity index (χ2n) is 5.55. The first-order valence-electron chi connectivity index (χ1n) is 7.83. The molecule has 1 aromatic heterocycles. The van der Waals surface area contributed by atoms with E-state index < -0.39 is 4.92 Å². The summed E-state index contributed by atoms with van der Waals surface area (Å²) in [6.45, 7) is 3.26. The number of amides is 1. The van der Waals surface area contributed by atoms with Gasteiger partial charge in [-0.2, -0.15) is 0 Å². The summed E-state index contributed by atoms with van der Waals surface area (Å²) in [6.07, 6.45) is 6.03. The fourth-order valence-corrected chi connectivity index (χ4v) is 2.37. The number of hydrogen-bond donors (Lipinski definition) is 0. The molecule has 126 valence electrons. The van der Waals surface area contributed by atoms with Crippen molar-refractivity contribution >= 4 is 17.7 Å². The van der Waals surface area contributed by atoms with Crippen LogP contribution in [-0.2, 0) is 18.4 Å². The van der Waals surface area contributed by atoms with Crippen molar-refractivity contribution < 1.29 is 9.72 Å². The highest BCUT2D eigenvalue weighted by Gasteiger charge is 2.12. The minimum absolute atomic E-state index is 0.0368. The molecule has 0 unspecified atom stereocenters. The zero-order valence-electron chi connectivity index (χ0n) is 13.9. The molecule has 0 aliphatic heterocycles. The van der Waals surface area contributed by atoms with Gasteiger partial charge in [0.15, 0.2) is 0 Å². The molecule has 0 spiro atoms. The number of aryl methyl sites for hydroxylation is 1. The van der Waals surface area contributed by atoms with Crippen molar-refractivity contribution in [1.29, 1.82) is 0 Å². The van der Waals surface area contributed by atoms with Crippen LogP contribution >= 0.6 is 0 Å². The van der Waals surface area contributed by atoms with E-state index in [0.29, 0.717) is 13.1 Å². The number of nitrogens with zero attached hydrogens (tertiary/aromatic N) is 3. The Morgan fingerprint density at radius 2 is 2.00 bits per heavy atom. The number of hydrogen-bond acceptors (Lipinski definition) is 3. The van der Waals surface area contributed by atoms with Crippen LogP contribution in [0.5, 0.6) is 0 Å². The Kier molecular flexibility index (Phi) is 5.89. The molecule has 0 radical (unpaired) electrons. The van der Waals surface area contributed by atoms with Crippen molar-refractivity contribution in [2.45, 2.75) is 19.9 Å². The normalized spacial score (nSPS) is 10.9. The lowest BCUT2D eigenvalue weighted by atomic mass is 10.2. The highest BCUT2D eigenvalue weighted by atomic mass is 16.6. The molecule has 24 heavy (non-hydrogen) atoms. The Morgan fingerprint density at radius 1 is 1.29 bits per heavy atom. The molecule has 2 rings (SSSR count). The van der Waals surface area contributed by atoms with E-state index in [1.807, 2.05) is 36.9 Å². The lowest BCUT2D eigenvalue weighted by Crippen LogP contribution is -2.30. The van der Waals surface area contributed by atoms with Gasteiger partial charge in [0.1, 0.15) is 0 Å². The van der Waals surface area contributed by atoms with Gasteiger partial charge in [-0.3, -0.25) is 14.9 Å². The first-order valence-corrected chi connectivity index (χ1v) is 7.83. The van der Waals surface area contributed by atoms with Gasteiger partial charge in [-0.1, -0.05) is 6.92 Å². The molecule has 6 nitrogen and oxygen atoms in total. The van der Waals surface area contributed by atoms with Crippen molar-refractivity contribution in [2.75, 3.05) is 6.54 Å². The Labute approximate surface area is 141 Å². The number of nitro benzene ring substituents is 1. The van der Waals surface area contributed by atoms with E-state index in [-0.39, 0.29) is 11.6 Å². The number of nitro groups is 1. The van der Waals surface area contributed by atoms with Crippen LogP contribution in [-0.4, -0.2) is 26.8 Å². The third-order valence-corrected chi connectivity index (χ3v) is 3.73. The maximum absolute atomic E-state index is 12.4. The predicted octanol–water partition coefficient (Wildman–Crippen LogP) is 3.39. The van der Waals surface area contributed by atoms with E-state index in [2.05, 4.69) is 0 Å². The number of rotatable bonds is 7. The van der Waals surface area contributed by atoms with Gasteiger partial charge in [-0.25, -0.2) is 0 Å². The number of non-ortho nitro benzene ring substituents is 1. The van der Waals surface area contributed by atoms with Crippen LogP contribution < -0.4 is 0 Å². The third-order valence-electron chi connectivity index (χ3n) is 3.73. The van der Waals surface area contributed by atoms with Gasteiger partial charge in [-0.15, -0.1) is 0 Å². The van der Waals surface area contributed by atoms with Gasteiger partial charge >= 0.3 is 0 Å². The maximum atomic E-state index is 12.4. The standard InChI is InChI=1S/C18H21N3O3/c1-3-12-20(14-17-5-4-13-19(17)2)18(22)11-8-15-6-9-16(10-7-15)21(23)24/h4-11,13H,3,12,14H2,1-2H3/b11-8+. The molecule has 0 N–H and O–H groups in total. The zero-order chi connectivity index (χ0) is 17.5. The van der Waals surface area contributed by atoms with E-state index in [1.165, 1.54) is 18.2 Å². The molecule has 0 saturated heterocycles. The Balaban J connectivity index is 2.06. The molecule has 0 fully saturated rings. The monoisotopic (exact) mass is 327 g/mol. The molecule has 0 atom stereocenters. The molecule has 6 heteroatoms. The first-order chi connectivity index (χ1) is 11.5. The smallest absolute Gasteiger partial charge is 0.269 e. The van der Waals surface area contributed by atoms with Crippen LogP contribution in [0.4, 0.5) is 5.69 Å². The molecule has 0 bridgehead atoms. The molecule has 1 heterocycles. The van der Waals surface area contributed by atoms with Gasteiger partial charge in [0.05, 0.1) is 11.5 Å². The van der Waals surface area contributed by atoms with E-state index in [4.69, 9.17) is 0 Å². The third kappa shape index (κ3) is 4.55. The molecular weight excluding hydrogens is 306 g/mol.